The molecule has 2 heteroatoms. The Balaban J connectivity index is 2.50. The van der Waals surface area contributed by atoms with Gasteiger partial charge >= 0.3 is 0 Å². The third kappa shape index (κ3) is 4.17. The molecule has 1 atom stereocenters. The standard InChI is InChI=1S/C13H21NS/c1-4-12(11-15-3)10-14(2)13-8-6-5-7-9-13/h5-9,12H,4,10-11H2,1-3H3. The molecule has 84 valence electrons. The van der Waals surface area contributed by atoms with E-state index >= 15 is 0 Å². The van der Waals surface area contributed by atoms with Crippen LogP contribution in [0.3, 0.4) is 0 Å². The number of hydrogen-bond acceptors (Lipinski definition) is 2. The van der Waals surface area contributed by atoms with Crippen molar-refractivity contribution in [3.05, 3.63) is 30.3 Å². The summed E-state index contributed by atoms with van der Waals surface area (Å²) in [7, 11) is 2.18. The number of para-hydroxylation sites is 1. The van der Waals surface area contributed by atoms with Gasteiger partial charge in [-0.05, 0) is 30.1 Å². The summed E-state index contributed by atoms with van der Waals surface area (Å²) in [6, 6.07) is 10.6. The fourth-order valence-corrected chi connectivity index (χ4v) is 2.52. The van der Waals surface area contributed by atoms with Crippen molar-refractivity contribution in [1.29, 1.82) is 0 Å². The highest BCUT2D eigenvalue weighted by Gasteiger charge is 2.09. The van der Waals surface area contributed by atoms with Gasteiger partial charge in [0.2, 0.25) is 0 Å². The maximum atomic E-state index is 2.35. The molecule has 0 aromatic heterocycles. The van der Waals surface area contributed by atoms with Crippen LogP contribution < -0.4 is 4.90 Å². The van der Waals surface area contributed by atoms with Gasteiger partial charge in [0.1, 0.15) is 0 Å². The Bertz CT molecular complexity index is 260. The molecule has 0 saturated heterocycles. The van der Waals surface area contributed by atoms with E-state index < -0.39 is 0 Å². The van der Waals surface area contributed by atoms with Gasteiger partial charge in [0.05, 0.1) is 0 Å². The molecule has 0 bridgehead atoms. The molecule has 1 rings (SSSR count). The monoisotopic (exact) mass is 223 g/mol. The van der Waals surface area contributed by atoms with Crippen LogP contribution in [0.1, 0.15) is 13.3 Å². The van der Waals surface area contributed by atoms with Crippen molar-refractivity contribution in [2.45, 2.75) is 13.3 Å². The van der Waals surface area contributed by atoms with Gasteiger partial charge in [-0.25, -0.2) is 0 Å². The van der Waals surface area contributed by atoms with Gasteiger partial charge < -0.3 is 4.90 Å². The number of rotatable bonds is 6. The van der Waals surface area contributed by atoms with E-state index in [1.165, 1.54) is 17.9 Å². The Morgan fingerprint density at radius 2 is 1.93 bits per heavy atom. The molecule has 0 amide bonds. The molecule has 0 aliphatic rings. The first-order valence-electron chi connectivity index (χ1n) is 5.53. The van der Waals surface area contributed by atoms with Gasteiger partial charge in [-0.2, -0.15) is 11.8 Å². The van der Waals surface area contributed by atoms with E-state index in [9.17, 15) is 0 Å². The summed E-state index contributed by atoms with van der Waals surface area (Å²) in [6.07, 6.45) is 3.45. The molecule has 1 aromatic rings. The van der Waals surface area contributed by atoms with E-state index in [0.717, 1.165) is 12.5 Å². The predicted molar refractivity (Wildman–Crippen MR) is 71.9 cm³/mol. The lowest BCUT2D eigenvalue weighted by molar-refractivity contribution is 0.569. The summed E-state index contributed by atoms with van der Waals surface area (Å²) >= 11 is 1.94. The Morgan fingerprint density at radius 3 is 2.47 bits per heavy atom. The maximum Gasteiger partial charge on any atom is 0.0363 e. The molecule has 0 aliphatic heterocycles. The van der Waals surface area contributed by atoms with E-state index in [-0.39, 0.29) is 0 Å². The SMILES string of the molecule is CCC(CSC)CN(C)c1ccccc1. The first kappa shape index (κ1) is 12.4. The maximum absolute atomic E-state index is 2.35. The summed E-state index contributed by atoms with van der Waals surface area (Å²) < 4.78 is 0. The van der Waals surface area contributed by atoms with Crippen LogP contribution >= 0.6 is 11.8 Å². The van der Waals surface area contributed by atoms with Crippen molar-refractivity contribution in [3.63, 3.8) is 0 Å². The van der Waals surface area contributed by atoms with E-state index in [4.69, 9.17) is 0 Å². The highest BCUT2D eigenvalue weighted by molar-refractivity contribution is 7.98. The second-order valence-electron chi connectivity index (χ2n) is 3.95. The van der Waals surface area contributed by atoms with Crippen LogP contribution in [0.4, 0.5) is 5.69 Å². The minimum absolute atomic E-state index is 0.796. The van der Waals surface area contributed by atoms with E-state index in [1.807, 2.05) is 11.8 Å². The molecular formula is C13H21NS. The zero-order chi connectivity index (χ0) is 11.1. The highest BCUT2D eigenvalue weighted by Crippen LogP contribution is 2.16. The Hall–Kier alpha value is -0.630. The van der Waals surface area contributed by atoms with Crippen molar-refractivity contribution in [2.24, 2.45) is 5.92 Å². The quantitative estimate of drug-likeness (QED) is 0.726. The lowest BCUT2D eigenvalue weighted by Crippen LogP contribution is -2.26. The second kappa shape index (κ2) is 6.78. The molecule has 1 nitrogen and oxygen atoms in total. The zero-order valence-electron chi connectivity index (χ0n) is 9.94. The first-order chi connectivity index (χ1) is 7.27. The summed E-state index contributed by atoms with van der Waals surface area (Å²) in [5.74, 6) is 2.05. The first-order valence-corrected chi connectivity index (χ1v) is 6.92. The van der Waals surface area contributed by atoms with Crippen LogP contribution in [0.15, 0.2) is 30.3 Å². The van der Waals surface area contributed by atoms with Crippen molar-refractivity contribution < 1.29 is 0 Å². The van der Waals surface area contributed by atoms with Crippen LogP contribution in [-0.2, 0) is 0 Å². The van der Waals surface area contributed by atoms with Gasteiger partial charge in [-0.3, -0.25) is 0 Å². The molecule has 0 radical (unpaired) electrons. The third-order valence-corrected chi connectivity index (χ3v) is 3.51. The lowest BCUT2D eigenvalue weighted by atomic mass is 10.1. The fourth-order valence-electron chi connectivity index (χ4n) is 1.71. The van der Waals surface area contributed by atoms with Crippen molar-refractivity contribution in [2.75, 3.05) is 30.5 Å². The smallest absolute Gasteiger partial charge is 0.0363 e. The van der Waals surface area contributed by atoms with E-state index in [2.05, 4.69) is 55.5 Å². The van der Waals surface area contributed by atoms with E-state index in [0.29, 0.717) is 0 Å². The predicted octanol–water partition coefficient (Wildman–Crippen LogP) is 3.51. The normalized spacial score (nSPS) is 12.5. The lowest BCUT2D eigenvalue weighted by Gasteiger charge is -2.24. The molecule has 1 aromatic carbocycles. The molecule has 0 spiro atoms. The Morgan fingerprint density at radius 1 is 1.27 bits per heavy atom. The third-order valence-electron chi connectivity index (χ3n) is 2.71. The fraction of sp³-hybridized carbons (Fsp3) is 0.538. The van der Waals surface area contributed by atoms with Crippen LogP contribution in [-0.4, -0.2) is 25.6 Å². The average Bonchev–Trinajstić information content (AvgIpc) is 2.29. The van der Waals surface area contributed by atoms with Crippen LogP contribution in [0, 0.1) is 5.92 Å². The Labute approximate surface area is 97.9 Å². The number of hydrogen-bond donors (Lipinski definition) is 0. The summed E-state index contributed by atoms with van der Waals surface area (Å²) in [5.41, 5.74) is 1.32. The number of benzene rings is 1. The van der Waals surface area contributed by atoms with Crippen molar-refractivity contribution >= 4 is 17.4 Å². The number of thioether (sulfide) groups is 1. The van der Waals surface area contributed by atoms with Gasteiger partial charge in [0.15, 0.2) is 0 Å². The van der Waals surface area contributed by atoms with Gasteiger partial charge in [0.25, 0.3) is 0 Å². The molecule has 1 unspecified atom stereocenters. The van der Waals surface area contributed by atoms with Gasteiger partial charge in [-0.1, -0.05) is 31.5 Å². The van der Waals surface area contributed by atoms with Gasteiger partial charge in [-0.15, -0.1) is 0 Å². The molecular weight excluding hydrogens is 202 g/mol. The van der Waals surface area contributed by atoms with Crippen LogP contribution in [0.25, 0.3) is 0 Å². The minimum Gasteiger partial charge on any atom is -0.374 e. The van der Waals surface area contributed by atoms with Crippen LogP contribution in [0.5, 0.6) is 0 Å². The second-order valence-corrected chi connectivity index (χ2v) is 4.86. The van der Waals surface area contributed by atoms with Crippen molar-refractivity contribution in [3.8, 4) is 0 Å². The molecule has 0 heterocycles. The van der Waals surface area contributed by atoms with Crippen molar-refractivity contribution in [1.82, 2.24) is 0 Å². The number of nitrogens with zero attached hydrogens (tertiary/aromatic N) is 1. The number of anilines is 1. The largest absolute Gasteiger partial charge is 0.374 e. The Kier molecular flexibility index (Phi) is 5.62. The average molecular weight is 223 g/mol. The van der Waals surface area contributed by atoms with Gasteiger partial charge in [0, 0.05) is 19.3 Å². The molecule has 0 fully saturated rings. The minimum atomic E-state index is 0.796. The topological polar surface area (TPSA) is 3.24 Å². The molecule has 0 N–H and O–H groups in total. The highest BCUT2D eigenvalue weighted by atomic mass is 32.2. The molecule has 15 heavy (non-hydrogen) atoms. The summed E-state index contributed by atoms with van der Waals surface area (Å²) in [6.45, 7) is 3.43. The summed E-state index contributed by atoms with van der Waals surface area (Å²) in [4.78, 5) is 2.35. The molecule has 0 saturated carbocycles. The van der Waals surface area contributed by atoms with E-state index in [1.54, 1.807) is 0 Å². The summed E-state index contributed by atoms with van der Waals surface area (Å²) in [5, 5.41) is 0. The molecule has 0 aliphatic carbocycles. The zero-order valence-corrected chi connectivity index (χ0v) is 10.8. The van der Waals surface area contributed by atoms with Crippen LogP contribution in [0.2, 0.25) is 0 Å².